The van der Waals surface area contributed by atoms with Gasteiger partial charge in [-0.25, -0.2) is 4.98 Å². The first-order chi connectivity index (χ1) is 13.0. The maximum atomic E-state index is 12.1. The number of piperidine rings is 1. The van der Waals surface area contributed by atoms with Crippen molar-refractivity contribution < 1.29 is 14.3 Å². The van der Waals surface area contributed by atoms with Gasteiger partial charge in [0.2, 0.25) is 11.9 Å². The highest BCUT2D eigenvalue weighted by molar-refractivity contribution is 5.90. The van der Waals surface area contributed by atoms with Gasteiger partial charge in [0.25, 0.3) is 5.91 Å². The third-order valence-corrected chi connectivity index (χ3v) is 4.90. The molecule has 0 spiro atoms. The van der Waals surface area contributed by atoms with Crippen LogP contribution in [0.15, 0.2) is 36.5 Å². The van der Waals surface area contributed by atoms with Crippen LogP contribution in [-0.4, -0.2) is 52.6 Å². The first-order valence-electron chi connectivity index (χ1n) is 9.27. The topological polar surface area (TPSA) is 76.5 Å². The number of hydrogen-bond acceptors (Lipinski definition) is 4. The third-order valence-electron chi connectivity index (χ3n) is 4.90. The molecule has 7 heteroatoms. The number of nitrogens with zero attached hydrogens (tertiary/aromatic N) is 3. The molecule has 1 N–H and O–H groups in total. The highest BCUT2D eigenvalue weighted by Gasteiger charge is 2.20. The Bertz CT molecular complexity index is 780. The summed E-state index contributed by atoms with van der Waals surface area (Å²) in [5.74, 6) is 0.722. The van der Waals surface area contributed by atoms with Gasteiger partial charge in [0, 0.05) is 20.1 Å². The fraction of sp³-hybridized carbons (Fsp3) is 0.450. The Kier molecular flexibility index (Phi) is 6.24. The van der Waals surface area contributed by atoms with Gasteiger partial charge in [-0.05, 0) is 24.3 Å². The summed E-state index contributed by atoms with van der Waals surface area (Å²) in [5, 5.41) is 2.72. The largest absolute Gasteiger partial charge is 0.362 e. The minimum atomic E-state index is -0.330. The van der Waals surface area contributed by atoms with Crippen LogP contribution in [0, 0.1) is 5.92 Å². The first-order valence-corrected chi connectivity index (χ1v) is 9.27. The van der Waals surface area contributed by atoms with E-state index in [2.05, 4.69) is 17.2 Å². The summed E-state index contributed by atoms with van der Waals surface area (Å²) in [4.78, 5) is 30.3. The Morgan fingerprint density at radius 1 is 1.19 bits per heavy atom. The Balaban J connectivity index is 1.46. The van der Waals surface area contributed by atoms with Crippen molar-refractivity contribution in [3.63, 3.8) is 0 Å². The number of anilines is 1. The van der Waals surface area contributed by atoms with Crippen molar-refractivity contribution in [2.45, 2.75) is 19.8 Å². The molecule has 1 aromatic heterocycles. The zero-order valence-corrected chi connectivity index (χ0v) is 15.9. The van der Waals surface area contributed by atoms with E-state index in [1.165, 1.54) is 0 Å². The van der Waals surface area contributed by atoms with Crippen molar-refractivity contribution in [3.05, 3.63) is 36.5 Å². The van der Waals surface area contributed by atoms with Crippen LogP contribution in [0.4, 0.5) is 5.95 Å². The van der Waals surface area contributed by atoms with Crippen LogP contribution in [0.1, 0.15) is 19.8 Å². The maximum absolute atomic E-state index is 12.1. The summed E-state index contributed by atoms with van der Waals surface area (Å²) >= 11 is 0. The van der Waals surface area contributed by atoms with Gasteiger partial charge >= 0.3 is 0 Å². The van der Waals surface area contributed by atoms with Gasteiger partial charge < -0.3 is 14.2 Å². The number of hydrogen-bond donors (Lipinski definition) is 1. The van der Waals surface area contributed by atoms with E-state index < -0.39 is 0 Å². The second-order valence-corrected chi connectivity index (χ2v) is 7.00. The summed E-state index contributed by atoms with van der Waals surface area (Å²) in [5.41, 5.74) is 1.92. The van der Waals surface area contributed by atoms with Crippen LogP contribution in [0.25, 0.3) is 11.3 Å². The van der Waals surface area contributed by atoms with Crippen LogP contribution in [-0.2, 0) is 21.4 Å². The molecule has 2 amide bonds. The van der Waals surface area contributed by atoms with E-state index in [4.69, 9.17) is 4.74 Å². The number of imidazole rings is 1. The molecule has 144 valence electrons. The van der Waals surface area contributed by atoms with Crippen LogP contribution >= 0.6 is 0 Å². The monoisotopic (exact) mass is 370 g/mol. The van der Waals surface area contributed by atoms with Crippen molar-refractivity contribution in [1.82, 2.24) is 14.5 Å². The zero-order valence-electron chi connectivity index (χ0n) is 15.9. The molecule has 1 aliphatic rings. The average molecular weight is 370 g/mol. The summed E-state index contributed by atoms with van der Waals surface area (Å²) in [6.45, 7) is 3.49. The molecule has 1 saturated heterocycles. The van der Waals surface area contributed by atoms with Gasteiger partial charge in [0.1, 0.15) is 13.2 Å². The molecule has 7 nitrogen and oxygen atoms in total. The molecule has 2 aromatic rings. The molecule has 0 aliphatic carbocycles. The molecule has 1 aliphatic heterocycles. The fourth-order valence-corrected chi connectivity index (χ4v) is 3.14. The van der Waals surface area contributed by atoms with Gasteiger partial charge in [0.05, 0.1) is 11.9 Å². The number of amides is 2. The second kappa shape index (κ2) is 8.81. The van der Waals surface area contributed by atoms with Gasteiger partial charge in [-0.1, -0.05) is 37.3 Å². The number of rotatable bonds is 6. The number of benzene rings is 1. The average Bonchev–Trinajstić information content (AvgIpc) is 3.03. The smallest absolute Gasteiger partial charge is 0.252 e. The SMILES string of the molecule is CC1CCN(C(=O)COCC(=O)Nc2ncc(-c3ccccc3)n2C)CC1. The fourth-order valence-electron chi connectivity index (χ4n) is 3.14. The summed E-state index contributed by atoms with van der Waals surface area (Å²) in [7, 11) is 1.84. The van der Waals surface area contributed by atoms with Gasteiger partial charge in [-0.2, -0.15) is 0 Å². The molecule has 0 atom stereocenters. The van der Waals surface area contributed by atoms with Crippen molar-refractivity contribution in [3.8, 4) is 11.3 Å². The zero-order chi connectivity index (χ0) is 19.2. The van der Waals surface area contributed by atoms with Gasteiger partial charge in [0.15, 0.2) is 0 Å². The van der Waals surface area contributed by atoms with Gasteiger partial charge in [-0.15, -0.1) is 0 Å². The lowest BCUT2D eigenvalue weighted by Gasteiger charge is -2.30. The number of ether oxygens (including phenoxy) is 1. The second-order valence-electron chi connectivity index (χ2n) is 7.00. The molecule has 27 heavy (non-hydrogen) atoms. The third kappa shape index (κ3) is 4.95. The molecule has 3 rings (SSSR count). The van der Waals surface area contributed by atoms with E-state index in [0.717, 1.165) is 37.2 Å². The standard InChI is InChI=1S/C20H26N4O3/c1-15-8-10-24(11-9-15)19(26)14-27-13-18(25)22-20-21-12-17(23(20)2)16-6-4-3-5-7-16/h3-7,12,15H,8-11,13-14H2,1-2H3,(H,21,22,25). The van der Waals surface area contributed by atoms with Crippen LogP contribution in [0.5, 0.6) is 0 Å². The number of carbonyl (C=O) groups is 2. The quantitative estimate of drug-likeness (QED) is 0.846. The Morgan fingerprint density at radius 3 is 2.59 bits per heavy atom. The molecule has 1 aromatic carbocycles. The number of aromatic nitrogens is 2. The van der Waals surface area contributed by atoms with Gasteiger partial charge in [-0.3, -0.25) is 14.9 Å². The normalized spacial score (nSPS) is 15.0. The minimum absolute atomic E-state index is 0.0574. The lowest BCUT2D eigenvalue weighted by molar-refractivity contribution is -0.138. The highest BCUT2D eigenvalue weighted by Crippen LogP contribution is 2.21. The minimum Gasteiger partial charge on any atom is -0.362 e. The maximum Gasteiger partial charge on any atom is 0.252 e. The Hall–Kier alpha value is -2.67. The molecule has 0 unspecified atom stereocenters. The predicted molar refractivity (Wildman–Crippen MR) is 103 cm³/mol. The van der Waals surface area contributed by atoms with Crippen molar-refractivity contribution in [1.29, 1.82) is 0 Å². The summed E-state index contributed by atoms with van der Waals surface area (Å²) < 4.78 is 7.11. The van der Waals surface area contributed by atoms with Crippen molar-refractivity contribution in [2.24, 2.45) is 13.0 Å². The molecule has 0 saturated carbocycles. The molecular formula is C20H26N4O3. The molecule has 0 bridgehead atoms. The number of likely N-dealkylation sites (tertiary alicyclic amines) is 1. The predicted octanol–water partition coefficient (Wildman–Crippen LogP) is 2.30. The summed E-state index contributed by atoms with van der Waals surface area (Å²) in [6.07, 6.45) is 3.76. The van der Waals surface area contributed by atoms with E-state index in [9.17, 15) is 9.59 Å². The van der Waals surface area contributed by atoms with E-state index in [0.29, 0.717) is 11.9 Å². The van der Waals surface area contributed by atoms with E-state index in [-0.39, 0.29) is 25.0 Å². The van der Waals surface area contributed by atoms with E-state index in [1.807, 2.05) is 46.8 Å². The lowest BCUT2D eigenvalue weighted by Crippen LogP contribution is -2.40. The molecule has 2 heterocycles. The van der Waals surface area contributed by atoms with Crippen LogP contribution < -0.4 is 5.32 Å². The van der Waals surface area contributed by atoms with E-state index in [1.54, 1.807) is 6.20 Å². The molecular weight excluding hydrogens is 344 g/mol. The number of nitrogens with one attached hydrogen (secondary N) is 1. The Labute approximate surface area is 159 Å². The summed E-state index contributed by atoms with van der Waals surface area (Å²) in [6, 6.07) is 9.83. The van der Waals surface area contributed by atoms with Crippen molar-refractivity contribution in [2.75, 3.05) is 31.6 Å². The number of carbonyl (C=O) groups excluding carboxylic acids is 2. The molecule has 0 radical (unpaired) electrons. The lowest BCUT2D eigenvalue weighted by atomic mass is 9.99. The van der Waals surface area contributed by atoms with E-state index >= 15 is 0 Å². The first kappa shape index (κ1) is 19.1. The van der Waals surface area contributed by atoms with Crippen LogP contribution in [0.2, 0.25) is 0 Å². The highest BCUT2D eigenvalue weighted by atomic mass is 16.5. The van der Waals surface area contributed by atoms with Crippen LogP contribution in [0.3, 0.4) is 0 Å². The van der Waals surface area contributed by atoms with Crippen molar-refractivity contribution >= 4 is 17.8 Å². The Morgan fingerprint density at radius 2 is 1.89 bits per heavy atom. The molecule has 1 fully saturated rings.